The molecule has 2 nitrogen and oxygen atoms in total. The van der Waals surface area contributed by atoms with E-state index >= 15 is 0 Å². The molecule has 1 heterocycles. The zero-order valence-corrected chi connectivity index (χ0v) is 13.6. The Hall–Kier alpha value is -0.710. The van der Waals surface area contributed by atoms with Crippen LogP contribution in [0.25, 0.3) is 0 Å². The molecule has 90 valence electrons. The van der Waals surface area contributed by atoms with Crippen molar-refractivity contribution in [1.82, 2.24) is 0 Å². The van der Waals surface area contributed by atoms with Gasteiger partial charge in [0.2, 0.25) is 0 Å². The van der Waals surface area contributed by atoms with Crippen LogP contribution in [0.1, 0.15) is 21.2 Å². The summed E-state index contributed by atoms with van der Waals surface area (Å²) in [6.45, 7) is 0. The van der Waals surface area contributed by atoms with Gasteiger partial charge in [0.05, 0.1) is 6.07 Å². The van der Waals surface area contributed by atoms with Crippen molar-refractivity contribution in [2.75, 3.05) is 0 Å². The van der Waals surface area contributed by atoms with E-state index in [1.807, 2.05) is 29.6 Å². The van der Waals surface area contributed by atoms with Crippen LogP contribution in [0.4, 0.5) is 0 Å². The smallest absolute Gasteiger partial charge is 0.186 e. The minimum atomic E-state index is -0.723. The number of hydrogen-bond donors (Lipinski definition) is 0. The van der Waals surface area contributed by atoms with Crippen molar-refractivity contribution in [3.05, 3.63) is 54.2 Å². The molecule has 5 heteroatoms. The first-order valence-corrected chi connectivity index (χ1v) is 7.81. The van der Waals surface area contributed by atoms with E-state index in [2.05, 4.69) is 44.6 Å². The molecule has 1 unspecified atom stereocenters. The quantitative estimate of drug-likeness (QED) is 0.526. The van der Waals surface area contributed by atoms with Gasteiger partial charge >= 0.3 is 0 Å². The van der Waals surface area contributed by atoms with Crippen LogP contribution in [0.2, 0.25) is 0 Å². The summed E-state index contributed by atoms with van der Waals surface area (Å²) in [6.07, 6.45) is 0. The van der Waals surface area contributed by atoms with Gasteiger partial charge in [0.15, 0.2) is 5.78 Å². The highest BCUT2D eigenvalue weighted by Crippen LogP contribution is 2.28. The summed E-state index contributed by atoms with van der Waals surface area (Å²) in [4.78, 5) is 13.2. The monoisotopic (exact) mass is 431 g/mol. The van der Waals surface area contributed by atoms with Gasteiger partial charge in [-0.15, -0.1) is 11.3 Å². The molecule has 2 rings (SSSR count). The van der Waals surface area contributed by atoms with E-state index in [1.165, 1.54) is 11.3 Å². The highest BCUT2D eigenvalue weighted by atomic mass is 127. The summed E-state index contributed by atoms with van der Waals surface area (Å²) in [5, 5.41) is 11.1. The Morgan fingerprint density at radius 1 is 1.44 bits per heavy atom. The fourth-order valence-electron chi connectivity index (χ4n) is 1.55. The second kappa shape index (κ2) is 5.95. The molecule has 0 aliphatic rings. The first-order chi connectivity index (χ1) is 8.63. The lowest BCUT2D eigenvalue weighted by molar-refractivity contribution is 0.0979. The number of nitrogens with zero attached hydrogens (tertiary/aromatic N) is 1. The Morgan fingerprint density at radius 3 is 2.83 bits per heavy atom. The summed E-state index contributed by atoms with van der Waals surface area (Å²) < 4.78 is 1.70. The molecule has 1 atom stereocenters. The largest absolute Gasteiger partial charge is 0.292 e. The van der Waals surface area contributed by atoms with Gasteiger partial charge in [-0.1, -0.05) is 22.0 Å². The third-order valence-electron chi connectivity index (χ3n) is 2.41. The molecule has 0 spiro atoms. The fourth-order valence-corrected chi connectivity index (χ4v) is 3.25. The zero-order chi connectivity index (χ0) is 13.1. The van der Waals surface area contributed by atoms with E-state index in [-0.39, 0.29) is 5.78 Å². The number of hydrogen-bond acceptors (Lipinski definition) is 3. The molecule has 18 heavy (non-hydrogen) atoms. The third kappa shape index (κ3) is 2.82. The standard InChI is InChI=1S/C13H7BrINOS/c14-11-4-3-8(15)6-9(11)13(17)10(7-16)12-2-1-5-18-12/h1-6,10H. The Labute approximate surface area is 131 Å². The Morgan fingerprint density at radius 2 is 2.22 bits per heavy atom. The average molecular weight is 432 g/mol. The molecule has 1 aromatic heterocycles. The van der Waals surface area contributed by atoms with E-state index < -0.39 is 5.92 Å². The lowest BCUT2D eigenvalue weighted by Gasteiger charge is -2.08. The Bertz CT molecular complexity index is 618. The van der Waals surface area contributed by atoms with Crippen molar-refractivity contribution in [1.29, 1.82) is 5.26 Å². The van der Waals surface area contributed by atoms with Gasteiger partial charge < -0.3 is 0 Å². The van der Waals surface area contributed by atoms with Gasteiger partial charge in [0.1, 0.15) is 5.92 Å². The molecule has 0 saturated carbocycles. The van der Waals surface area contributed by atoms with Crippen LogP contribution in [-0.4, -0.2) is 5.78 Å². The molecular formula is C13H7BrINOS. The van der Waals surface area contributed by atoms with Gasteiger partial charge in [-0.2, -0.15) is 5.26 Å². The highest BCUT2D eigenvalue weighted by Gasteiger charge is 2.24. The first-order valence-electron chi connectivity index (χ1n) is 5.05. The number of thiophene rings is 1. The van der Waals surface area contributed by atoms with Crippen LogP contribution >= 0.6 is 49.9 Å². The summed E-state index contributed by atoms with van der Waals surface area (Å²) in [7, 11) is 0. The molecule has 0 fully saturated rings. The van der Waals surface area contributed by atoms with Gasteiger partial charge in [-0.05, 0) is 52.2 Å². The number of rotatable bonds is 3. The highest BCUT2D eigenvalue weighted by molar-refractivity contribution is 14.1. The maximum Gasteiger partial charge on any atom is 0.186 e. The average Bonchev–Trinajstić information content (AvgIpc) is 2.87. The summed E-state index contributed by atoms with van der Waals surface area (Å²) in [6, 6.07) is 11.3. The van der Waals surface area contributed by atoms with Crippen LogP contribution in [0.3, 0.4) is 0 Å². The normalized spacial score (nSPS) is 11.8. The summed E-state index contributed by atoms with van der Waals surface area (Å²) in [5.41, 5.74) is 0.557. The zero-order valence-electron chi connectivity index (χ0n) is 9.06. The van der Waals surface area contributed by atoms with E-state index in [1.54, 1.807) is 6.07 Å². The van der Waals surface area contributed by atoms with E-state index in [0.717, 1.165) is 12.9 Å². The molecule has 0 aliphatic carbocycles. The summed E-state index contributed by atoms with van der Waals surface area (Å²) in [5.74, 6) is -0.884. The topological polar surface area (TPSA) is 40.9 Å². The van der Waals surface area contributed by atoms with E-state index in [0.29, 0.717) is 5.56 Å². The molecule has 0 radical (unpaired) electrons. The maximum atomic E-state index is 12.4. The second-order valence-corrected chi connectivity index (χ2v) is 6.65. The number of carbonyl (C=O) groups is 1. The van der Waals surface area contributed by atoms with Crippen LogP contribution in [-0.2, 0) is 0 Å². The number of halogens is 2. The van der Waals surface area contributed by atoms with Crippen LogP contribution in [0.15, 0.2) is 40.2 Å². The van der Waals surface area contributed by atoms with Gasteiger partial charge in [0.25, 0.3) is 0 Å². The molecule has 2 aromatic rings. The van der Waals surface area contributed by atoms with Gasteiger partial charge in [-0.3, -0.25) is 4.79 Å². The van der Waals surface area contributed by atoms with Crippen molar-refractivity contribution < 1.29 is 4.79 Å². The lowest BCUT2D eigenvalue weighted by atomic mass is 9.97. The molecular weight excluding hydrogens is 425 g/mol. The van der Waals surface area contributed by atoms with Crippen molar-refractivity contribution in [3.63, 3.8) is 0 Å². The molecule has 1 aromatic carbocycles. The van der Waals surface area contributed by atoms with Gasteiger partial charge in [0, 0.05) is 18.5 Å². The number of ketones is 1. The van der Waals surface area contributed by atoms with Crippen molar-refractivity contribution in [3.8, 4) is 6.07 Å². The first kappa shape index (κ1) is 13.7. The van der Waals surface area contributed by atoms with E-state index in [9.17, 15) is 10.1 Å². The minimum Gasteiger partial charge on any atom is -0.292 e. The van der Waals surface area contributed by atoms with Crippen LogP contribution in [0.5, 0.6) is 0 Å². The van der Waals surface area contributed by atoms with Crippen LogP contribution in [0, 0.1) is 14.9 Å². The van der Waals surface area contributed by atoms with Crippen molar-refractivity contribution in [2.24, 2.45) is 0 Å². The number of nitriles is 1. The Balaban J connectivity index is 2.42. The number of carbonyl (C=O) groups excluding carboxylic acids is 1. The molecule has 0 saturated heterocycles. The molecule has 0 N–H and O–H groups in total. The van der Waals surface area contributed by atoms with E-state index in [4.69, 9.17) is 0 Å². The molecule has 0 amide bonds. The number of benzene rings is 1. The van der Waals surface area contributed by atoms with Crippen molar-refractivity contribution >= 4 is 55.6 Å². The SMILES string of the molecule is N#CC(C(=O)c1cc(I)ccc1Br)c1cccs1. The second-order valence-electron chi connectivity index (χ2n) is 3.57. The third-order valence-corrected chi connectivity index (χ3v) is 4.71. The fraction of sp³-hybridized carbons (Fsp3) is 0.0769. The number of Topliss-reactive ketones (excluding diaryl/α,β-unsaturated/α-hetero) is 1. The molecule has 0 aliphatic heterocycles. The Kier molecular flexibility index (Phi) is 4.54. The lowest BCUT2D eigenvalue weighted by Crippen LogP contribution is -2.11. The molecule has 0 bridgehead atoms. The predicted molar refractivity (Wildman–Crippen MR) is 83.9 cm³/mol. The van der Waals surface area contributed by atoms with Crippen molar-refractivity contribution in [2.45, 2.75) is 5.92 Å². The maximum absolute atomic E-state index is 12.4. The van der Waals surface area contributed by atoms with Crippen LogP contribution < -0.4 is 0 Å². The minimum absolute atomic E-state index is 0.162. The van der Waals surface area contributed by atoms with Gasteiger partial charge in [-0.25, -0.2) is 0 Å². The summed E-state index contributed by atoms with van der Waals surface area (Å²) >= 11 is 6.94. The predicted octanol–water partition coefficient (Wildman–Crippen LogP) is 4.61.